The SMILES string of the molecule is C=CC(=O)OCC(=C)[C@@H](O)[C@H]1O[C@H](OC)[C@H]2OC(C)(C)O[C@H]21. The highest BCUT2D eigenvalue weighted by Gasteiger charge is 2.57. The Labute approximate surface area is 129 Å². The molecular weight excluding hydrogens is 292 g/mol. The lowest BCUT2D eigenvalue weighted by Crippen LogP contribution is -2.40. The van der Waals surface area contributed by atoms with E-state index in [0.717, 1.165) is 6.08 Å². The zero-order chi connectivity index (χ0) is 16.5. The van der Waals surface area contributed by atoms with E-state index in [4.69, 9.17) is 23.7 Å². The van der Waals surface area contributed by atoms with Gasteiger partial charge in [-0.15, -0.1) is 0 Å². The van der Waals surface area contributed by atoms with Crippen LogP contribution in [0.15, 0.2) is 24.8 Å². The summed E-state index contributed by atoms with van der Waals surface area (Å²) in [7, 11) is 1.49. The number of rotatable bonds is 6. The third-order valence-electron chi connectivity index (χ3n) is 3.58. The van der Waals surface area contributed by atoms with E-state index in [2.05, 4.69) is 13.2 Å². The number of hydrogen-bond donors (Lipinski definition) is 1. The molecule has 0 saturated carbocycles. The topological polar surface area (TPSA) is 83.5 Å². The van der Waals surface area contributed by atoms with Crippen molar-refractivity contribution >= 4 is 5.97 Å². The lowest BCUT2D eigenvalue weighted by molar-refractivity contribution is -0.235. The second kappa shape index (κ2) is 6.47. The second-order valence-electron chi connectivity index (χ2n) is 5.68. The van der Waals surface area contributed by atoms with Crippen molar-refractivity contribution in [2.45, 2.75) is 50.3 Å². The molecule has 7 heteroatoms. The second-order valence-corrected chi connectivity index (χ2v) is 5.68. The van der Waals surface area contributed by atoms with Gasteiger partial charge in [-0.3, -0.25) is 0 Å². The highest BCUT2D eigenvalue weighted by atomic mass is 16.8. The largest absolute Gasteiger partial charge is 0.458 e. The van der Waals surface area contributed by atoms with Crippen LogP contribution in [0.4, 0.5) is 0 Å². The zero-order valence-electron chi connectivity index (χ0n) is 13.0. The minimum atomic E-state index is -1.08. The summed E-state index contributed by atoms with van der Waals surface area (Å²) in [6, 6.07) is 0. The van der Waals surface area contributed by atoms with Crippen LogP contribution in [0.1, 0.15) is 13.8 Å². The number of aliphatic hydroxyl groups is 1. The Morgan fingerprint density at radius 1 is 1.41 bits per heavy atom. The molecule has 7 nitrogen and oxygen atoms in total. The first-order valence-corrected chi connectivity index (χ1v) is 6.98. The van der Waals surface area contributed by atoms with Crippen LogP contribution >= 0.6 is 0 Å². The predicted octanol–water partition coefficient (Wildman–Crippen LogP) is 0.524. The summed E-state index contributed by atoms with van der Waals surface area (Å²) >= 11 is 0. The summed E-state index contributed by atoms with van der Waals surface area (Å²) in [5.74, 6) is -1.38. The molecule has 0 aliphatic carbocycles. The van der Waals surface area contributed by atoms with Crippen molar-refractivity contribution in [2.24, 2.45) is 0 Å². The number of ether oxygens (including phenoxy) is 5. The van der Waals surface area contributed by atoms with Crippen LogP contribution in [-0.4, -0.2) is 61.3 Å². The predicted molar refractivity (Wildman–Crippen MR) is 75.8 cm³/mol. The molecule has 2 heterocycles. The molecule has 2 saturated heterocycles. The molecule has 2 fully saturated rings. The molecule has 0 unspecified atom stereocenters. The molecule has 2 aliphatic rings. The minimum absolute atomic E-state index is 0.134. The summed E-state index contributed by atoms with van der Waals surface area (Å²) in [5.41, 5.74) is 0.295. The fraction of sp³-hybridized carbons (Fsp3) is 0.667. The third-order valence-corrected chi connectivity index (χ3v) is 3.58. The van der Waals surface area contributed by atoms with Crippen LogP contribution in [0.2, 0.25) is 0 Å². The van der Waals surface area contributed by atoms with Gasteiger partial charge in [0.1, 0.15) is 31.0 Å². The Morgan fingerprint density at radius 3 is 2.64 bits per heavy atom. The van der Waals surface area contributed by atoms with Crippen molar-refractivity contribution in [3.63, 3.8) is 0 Å². The summed E-state index contributed by atoms with van der Waals surface area (Å²) < 4.78 is 27.3. The van der Waals surface area contributed by atoms with E-state index in [1.165, 1.54) is 7.11 Å². The van der Waals surface area contributed by atoms with Crippen molar-refractivity contribution in [1.29, 1.82) is 0 Å². The van der Waals surface area contributed by atoms with Crippen LogP contribution < -0.4 is 0 Å². The van der Waals surface area contributed by atoms with Gasteiger partial charge in [-0.05, 0) is 19.4 Å². The maximum absolute atomic E-state index is 11.1. The molecule has 2 rings (SSSR count). The average Bonchev–Trinajstić information content (AvgIpc) is 2.96. The molecular formula is C15H22O7. The zero-order valence-corrected chi connectivity index (χ0v) is 13.0. The summed E-state index contributed by atoms with van der Waals surface area (Å²) in [6.07, 6.45) is -2.34. The van der Waals surface area contributed by atoms with E-state index >= 15 is 0 Å². The average molecular weight is 314 g/mol. The maximum atomic E-state index is 11.1. The van der Waals surface area contributed by atoms with Gasteiger partial charge < -0.3 is 28.8 Å². The van der Waals surface area contributed by atoms with Gasteiger partial charge in [0, 0.05) is 13.2 Å². The summed E-state index contributed by atoms with van der Waals surface area (Å²) in [4.78, 5) is 11.1. The number of carbonyl (C=O) groups is 1. The minimum Gasteiger partial charge on any atom is -0.458 e. The van der Waals surface area contributed by atoms with Gasteiger partial charge in [0.25, 0.3) is 0 Å². The maximum Gasteiger partial charge on any atom is 0.330 e. The van der Waals surface area contributed by atoms with Crippen LogP contribution in [0.25, 0.3) is 0 Å². The van der Waals surface area contributed by atoms with Gasteiger partial charge in [0.15, 0.2) is 12.1 Å². The van der Waals surface area contributed by atoms with Crippen molar-refractivity contribution < 1.29 is 33.6 Å². The highest BCUT2D eigenvalue weighted by molar-refractivity contribution is 5.81. The third kappa shape index (κ3) is 3.39. The van der Waals surface area contributed by atoms with E-state index in [1.54, 1.807) is 13.8 Å². The van der Waals surface area contributed by atoms with Crippen molar-refractivity contribution in [3.05, 3.63) is 24.8 Å². The van der Waals surface area contributed by atoms with Crippen LogP contribution in [0, 0.1) is 0 Å². The van der Waals surface area contributed by atoms with E-state index in [9.17, 15) is 9.90 Å². The molecule has 22 heavy (non-hydrogen) atoms. The Hall–Kier alpha value is -1.25. The number of aliphatic hydroxyl groups excluding tert-OH is 1. The first kappa shape index (κ1) is 17.1. The van der Waals surface area contributed by atoms with Gasteiger partial charge in [0.05, 0.1) is 0 Å². The molecule has 5 atom stereocenters. The van der Waals surface area contributed by atoms with Crippen LogP contribution in [0.3, 0.4) is 0 Å². The Balaban J connectivity index is 2.03. The normalized spacial score (nSPS) is 34.0. The van der Waals surface area contributed by atoms with Gasteiger partial charge in [-0.1, -0.05) is 13.2 Å². The van der Waals surface area contributed by atoms with Crippen LogP contribution in [-0.2, 0) is 28.5 Å². The van der Waals surface area contributed by atoms with Gasteiger partial charge >= 0.3 is 5.97 Å². The Bertz CT molecular complexity index is 459. The molecule has 0 radical (unpaired) electrons. The number of carbonyl (C=O) groups excluding carboxylic acids is 1. The van der Waals surface area contributed by atoms with Gasteiger partial charge in [-0.25, -0.2) is 4.79 Å². The lowest BCUT2D eigenvalue weighted by atomic mass is 10.0. The van der Waals surface area contributed by atoms with E-state index in [0.29, 0.717) is 5.57 Å². The first-order valence-electron chi connectivity index (χ1n) is 6.98. The standard InChI is InChI=1S/C15H22O7/c1-6-9(16)19-7-8(2)10(17)11-12-13(14(18-5)20-11)22-15(3,4)21-12/h6,10-14,17H,1-2,7H2,3-5H3/t10-,11-,12+,13+,14+/m1/s1. The number of hydrogen-bond acceptors (Lipinski definition) is 7. The van der Waals surface area contributed by atoms with Crippen LogP contribution in [0.5, 0.6) is 0 Å². The Morgan fingerprint density at radius 2 is 2.05 bits per heavy atom. The quantitative estimate of drug-likeness (QED) is 0.435. The summed E-state index contributed by atoms with van der Waals surface area (Å²) in [5, 5.41) is 10.4. The van der Waals surface area contributed by atoms with E-state index in [1.807, 2.05) is 0 Å². The molecule has 0 amide bonds. The molecule has 0 spiro atoms. The van der Waals surface area contributed by atoms with E-state index < -0.39 is 42.5 Å². The molecule has 124 valence electrons. The fourth-order valence-electron chi connectivity index (χ4n) is 2.58. The molecule has 0 bridgehead atoms. The van der Waals surface area contributed by atoms with E-state index in [-0.39, 0.29) is 6.61 Å². The summed E-state index contributed by atoms with van der Waals surface area (Å²) in [6.45, 7) is 10.5. The van der Waals surface area contributed by atoms with Crippen molar-refractivity contribution in [1.82, 2.24) is 0 Å². The molecule has 1 N–H and O–H groups in total. The fourth-order valence-corrected chi connectivity index (χ4v) is 2.58. The number of fused-ring (bicyclic) bond motifs is 1. The van der Waals surface area contributed by atoms with Crippen molar-refractivity contribution in [2.75, 3.05) is 13.7 Å². The number of esters is 1. The molecule has 0 aromatic heterocycles. The Kier molecular flexibility index (Phi) is 5.03. The molecule has 0 aromatic rings. The monoisotopic (exact) mass is 314 g/mol. The molecule has 0 aromatic carbocycles. The van der Waals surface area contributed by atoms with Gasteiger partial charge in [0.2, 0.25) is 0 Å². The van der Waals surface area contributed by atoms with Gasteiger partial charge in [-0.2, -0.15) is 0 Å². The molecule has 2 aliphatic heterocycles. The first-order chi connectivity index (χ1) is 10.3. The lowest BCUT2D eigenvalue weighted by Gasteiger charge is -2.26. The number of methoxy groups -OCH3 is 1. The highest BCUT2D eigenvalue weighted by Crippen LogP contribution is 2.40. The van der Waals surface area contributed by atoms with Crippen molar-refractivity contribution in [3.8, 4) is 0 Å². The smallest absolute Gasteiger partial charge is 0.330 e.